The topological polar surface area (TPSA) is 29.5 Å². The van der Waals surface area contributed by atoms with Crippen molar-refractivity contribution in [1.82, 2.24) is 0 Å². The Kier molecular flexibility index (Phi) is 4.20. The second-order valence-electron chi connectivity index (χ2n) is 5.29. The summed E-state index contributed by atoms with van der Waals surface area (Å²) >= 11 is 3.33. The molecule has 0 amide bonds. The molecule has 1 rings (SSSR count). The van der Waals surface area contributed by atoms with Crippen LogP contribution in [0.3, 0.4) is 0 Å². The van der Waals surface area contributed by atoms with Crippen molar-refractivity contribution in [3.05, 3.63) is 11.1 Å². The minimum Gasteiger partial charge on any atom is -0.411 e. The molecule has 88 valence electrons. The second-order valence-corrected chi connectivity index (χ2v) is 10.7. The monoisotopic (exact) mass is 292 g/mol. The molecule has 0 saturated heterocycles. The van der Waals surface area contributed by atoms with Gasteiger partial charge in [0.05, 0.1) is 6.10 Å². The highest BCUT2D eigenvalue weighted by Crippen LogP contribution is 2.39. The van der Waals surface area contributed by atoms with Crippen LogP contribution in [-0.2, 0) is 4.43 Å². The van der Waals surface area contributed by atoms with E-state index in [0.717, 1.165) is 25.7 Å². The van der Waals surface area contributed by atoms with Gasteiger partial charge in [-0.1, -0.05) is 35.4 Å². The first-order chi connectivity index (χ1) is 6.76. The molecule has 0 aromatic heterocycles. The summed E-state index contributed by atoms with van der Waals surface area (Å²) in [7, 11) is -1.60. The fourth-order valence-corrected chi connectivity index (χ4v) is 3.64. The van der Waals surface area contributed by atoms with Gasteiger partial charge in [0.2, 0.25) is 0 Å². The van der Waals surface area contributed by atoms with Crippen LogP contribution in [0.25, 0.3) is 0 Å². The maximum Gasteiger partial charge on any atom is 0.184 e. The van der Waals surface area contributed by atoms with E-state index in [1.165, 1.54) is 0 Å². The molecule has 15 heavy (non-hydrogen) atoms. The first-order valence-electron chi connectivity index (χ1n) is 5.51. The van der Waals surface area contributed by atoms with Crippen molar-refractivity contribution in [2.24, 2.45) is 0 Å². The van der Waals surface area contributed by atoms with Crippen molar-refractivity contribution in [2.75, 3.05) is 0 Å². The predicted molar refractivity (Wildman–Crippen MR) is 69.7 cm³/mol. The average molecular weight is 293 g/mol. The molecule has 0 aliphatic heterocycles. The van der Waals surface area contributed by atoms with Crippen LogP contribution < -0.4 is 0 Å². The molecule has 4 heteroatoms. The summed E-state index contributed by atoms with van der Waals surface area (Å²) in [6.45, 7) is 10.3. The van der Waals surface area contributed by atoms with Crippen molar-refractivity contribution < 1.29 is 9.53 Å². The zero-order valence-corrected chi connectivity index (χ0v) is 12.4. The normalized spacial score (nSPS) is 32.7. The van der Waals surface area contributed by atoms with Crippen LogP contribution in [-0.4, -0.2) is 25.1 Å². The number of hydrogen-bond donors (Lipinski definition) is 1. The third-order valence-corrected chi connectivity index (χ3v) is 4.45. The van der Waals surface area contributed by atoms with E-state index in [2.05, 4.69) is 42.1 Å². The molecule has 1 aliphatic rings. The molecule has 1 fully saturated rings. The van der Waals surface area contributed by atoms with E-state index in [4.69, 9.17) is 4.43 Å². The number of aliphatic hydroxyl groups is 1. The summed E-state index contributed by atoms with van der Waals surface area (Å²) in [6, 6.07) is 0. The van der Waals surface area contributed by atoms with Crippen LogP contribution >= 0.6 is 15.9 Å². The molecule has 1 N–H and O–H groups in total. The zero-order chi connectivity index (χ0) is 11.7. The van der Waals surface area contributed by atoms with E-state index in [1.54, 1.807) is 0 Å². The van der Waals surface area contributed by atoms with Crippen LogP contribution in [0.4, 0.5) is 0 Å². The highest BCUT2D eigenvalue weighted by molar-refractivity contribution is 9.11. The summed E-state index contributed by atoms with van der Waals surface area (Å²) in [4.78, 5) is 0. The van der Waals surface area contributed by atoms with Crippen LogP contribution in [0.1, 0.15) is 25.7 Å². The molecule has 0 unspecified atom stereocenters. The minimum atomic E-state index is -1.60. The molecule has 0 aromatic carbocycles. The van der Waals surface area contributed by atoms with E-state index < -0.39 is 13.9 Å². The van der Waals surface area contributed by atoms with Crippen LogP contribution in [0.2, 0.25) is 19.6 Å². The van der Waals surface area contributed by atoms with E-state index in [9.17, 15) is 5.11 Å². The maximum absolute atomic E-state index is 10.5. The van der Waals surface area contributed by atoms with E-state index in [0.29, 0.717) is 4.48 Å². The van der Waals surface area contributed by atoms with Gasteiger partial charge in [0, 0.05) is 4.48 Å². The van der Waals surface area contributed by atoms with Crippen molar-refractivity contribution in [2.45, 2.75) is 57.0 Å². The van der Waals surface area contributed by atoms with Crippen molar-refractivity contribution in [3.8, 4) is 0 Å². The summed E-state index contributed by atoms with van der Waals surface area (Å²) in [5.41, 5.74) is -0.863. The Hall–Kier alpha value is 0.357. The van der Waals surface area contributed by atoms with Gasteiger partial charge in [0.15, 0.2) is 8.32 Å². The Labute approximate surface area is 102 Å². The predicted octanol–water partition coefficient (Wildman–Crippen LogP) is 3.42. The summed E-state index contributed by atoms with van der Waals surface area (Å²) in [5, 5.41) is 10.5. The summed E-state index contributed by atoms with van der Waals surface area (Å²) in [5.74, 6) is 0. The van der Waals surface area contributed by atoms with Crippen LogP contribution in [0.15, 0.2) is 11.1 Å². The summed E-state index contributed by atoms with van der Waals surface area (Å²) < 4.78 is 6.72. The quantitative estimate of drug-likeness (QED) is 0.808. The largest absolute Gasteiger partial charge is 0.411 e. The Morgan fingerprint density at radius 3 is 2.53 bits per heavy atom. The fourth-order valence-electron chi connectivity index (χ4n) is 2.02. The van der Waals surface area contributed by atoms with E-state index in [1.807, 2.05) is 0 Å². The minimum absolute atomic E-state index is 0.0789. The van der Waals surface area contributed by atoms with Gasteiger partial charge in [-0.2, -0.15) is 0 Å². The maximum atomic E-state index is 10.5. The SMILES string of the molecule is C=C(Br)[C@@]1(O)CCCC[C@@H]1O[Si](C)(C)C. The molecule has 0 aromatic rings. The number of rotatable bonds is 3. The Bertz CT molecular complexity index is 249. The molecule has 0 bridgehead atoms. The molecular formula is C11H21BrO2Si. The van der Waals surface area contributed by atoms with E-state index >= 15 is 0 Å². The number of halogens is 1. The van der Waals surface area contributed by atoms with Gasteiger partial charge in [0.25, 0.3) is 0 Å². The smallest absolute Gasteiger partial charge is 0.184 e. The van der Waals surface area contributed by atoms with Crippen molar-refractivity contribution >= 4 is 24.2 Å². The summed E-state index contributed by atoms with van der Waals surface area (Å²) in [6.07, 6.45) is 3.80. The highest BCUT2D eigenvalue weighted by atomic mass is 79.9. The van der Waals surface area contributed by atoms with Gasteiger partial charge >= 0.3 is 0 Å². The Morgan fingerprint density at radius 2 is 2.07 bits per heavy atom. The lowest BCUT2D eigenvalue weighted by atomic mass is 9.82. The Morgan fingerprint density at radius 1 is 1.47 bits per heavy atom. The lowest BCUT2D eigenvalue weighted by Gasteiger charge is -2.42. The van der Waals surface area contributed by atoms with Gasteiger partial charge in [-0.15, -0.1) is 0 Å². The van der Waals surface area contributed by atoms with Gasteiger partial charge in [-0.25, -0.2) is 0 Å². The van der Waals surface area contributed by atoms with Crippen molar-refractivity contribution in [3.63, 3.8) is 0 Å². The standard InChI is InChI=1S/C11H21BrO2Si/c1-9(12)11(13)8-6-5-7-10(11)14-15(2,3)4/h10,13H,1,5-8H2,2-4H3/t10-,11-/m0/s1. The molecule has 2 nitrogen and oxygen atoms in total. The Balaban J connectivity index is 2.79. The zero-order valence-electron chi connectivity index (χ0n) is 9.85. The van der Waals surface area contributed by atoms with E-state index in [-0.39, 0.29) is 6.10 Å². The van der Waals surface area contributed by atoms with Gasteiger partial charge in [-0.05, 0) is 32.5 Å². The molecule has 1 saturated carbocycles. The van der Waals surface area contributed by atoms with Gasteiger partial charge in [-0.3, -0.25) is 0 Å². The molecule has 1 aliphatic carbocycles. The van der Waals surface area contributed by atoms with Crippen LogP contribution in [0.5, 0.6) is 0 Å². The number of hydrogen-bond acceptors (Lipinski definition) is 2. The van der Waals surface area contributed by atoms with Crippen LogP contribution in [0, 0.1) is 0 Å². The first kappa shape index (κ1) is 13.4. The van der Waals surface area contributed by atoms with Gasteiger partial charge < -0.3 is 9.53 Å². The molecule has 0 spiro atoms. The van der Waals surface area contributed by atoms with Crippen molar-refractivity contribution in [1.29, 1.82) is 0 Å². The average Bonchev–Trinajstić information content (AvgIpc) is 2.06. The molecule has 0 heterocycles. The lowest BCUT2D eigenvalue weighted by Crippen LogP contribution is -2.50. The van der Waals surface area contributed by atoms with Gasteiger partial charge in [0.1, 0.15) is 5.60 Å². The first-order valence-corrected chi connectivity index (χ1v) is 9.71. The molecular weight excluding hydrogens is 272 g/mol. The third-order valence-electron chi connectivity index (χ3n) is 2.77. The fraction of sp³-hybridized carbons (Fsp3) is 0.818. The second kappa shape index (κ2) is 4.70. The lowest BCUT2D eigenvalue weighted by molar-refractivity contribution is -0.0577. The molecule has 0 radical (unpaired) electrons. The highest BCUT2D eigenvalue weighted by Gasteiger charge is 2.43. The third kappa shape index (κ3) is 3.41. The molecule has 2 atom stereocenters.